The first-order valence-corrected chi connectivity index (χ1v) is 9.74. The molecule has 0 heterocycles. The molecule has 0 spiro atoms. The highest BCUT2D eigenvalue weighted by Crippen LogP contribution is 2.14. The number of carbonyl (C=O) groups excluding carboxylic acids is 2. The summed E-state index contributed by atoms with van der Waals surface area (Å²) in [5.41, 5.74) is 3.15. The molecule has 3 aromatic carbocycles. The molecule has 0 aliphatic rings. The van der Waals surface area contributed by atoms with Crippen molar-refractivity contribution in [3.05, 3.63) is 90.0 Å². The molecule has 6 heteroatoms. The van der Waals surface area contributed by atoms with Gasteiger partial charge in [-0.15, -0.1) is 0 Å². The lowest BCUT2D eigenvalue weighted by Gasteiger charge is -2.14. The second-order valence-electron chi connectivity index (χ2n) is 7.10. The highest BCUT2D eigenvalue weighted by Gasteiger charge is 2.12. The van der Waals surface area contributed by atoms with Crippen LogP contribution in [0.2, 0.25) is 0 Å². The fraction of sp³-hybridized carbons (Fsp3) is 0.167. The zero-order valence-electron chi connectivity index (χ0n) is 17.1. The Hall–Kier alpha value is -3.64. The minimum Gasteiger partial charge on any atom is -0.497 e. The van der Waals surface area contributed by atoms with Crippen molar-refractivity contribution < 1.29 is 19.2 Å². The van der Waals surface area contributed by atoms with E-state index in [-0.39, 0.29) is 11.8 Å². The van der Waals surface area contributed by atoms with Crippen LogP contribution in [0.4, 0.5) is 11.4 Å². The van der Waals surface area contributed by atoms with Crippen molar-refractivity contribution in [3.63, 3.8) is 0 Å². The van der Waals surface area contributed by atoms with Crippen molar-refractivity contribution in [2.24, 2.45) is 0 Å². The van der Waals surface area contributed by atoms with Gasteiger partial charge in [0.05, 0.1) is 14.2 Å². The minimum atomic E-state index is -0.146. The van der Waals surface area contributed by atoms with E-state index in [0.717, 1.165) is 27.6 Å². The maximum Gasteiger partial charge on any atom is 0.279 e. The molecule has 1 unspecified atom stereocenters. The predicted molar refractivity (Wildman–Crippen MR) is 118 cm³/mol. The summed E-state index contributed by atoms with van der Waals surface area (Å²) >= 11 is 0. The Morgan fingerprint density at radius 3 is 2.10 bits per heavy atom. The Bertz CT molecular complexity index is 971. The lowest BCUT2D eigenvalue weighted by Crippen LogP contribution is -3.08. The first kappa shape index (κ1) is 21.1. The van der Waals surface area contributed by atoms with E-state index in [4.69, 9.17) is 4.74 Å². The molecule has 3 N–H and O–H groups in total. The summed E-state index contributed by atoms with van der Waals surface area (Å²) in [6.45, 7) is 1.01. The van der Waals surface area contributed by atoms with Gasteiger partial charge in [0.1, 0.15) is 12.3 Å². The number of likely N-dealkylation sites (N-methyl/N-ethyl adjacent to an activating group) is 1. The maximum absolute atomic E-state index is 12.3. The van der Waals surface area contributed by atoms with Crippen molar-refractivity contribution in [2.75, 3.05) is 31.3 Å². The molecule has 30 heavy (non-hydrogen) atoms. The van der Waals surface area contributed by atoms with Gasteiger partial charge in [0.2, 0.25) is 0 Å². The van der Waals surface area contributed by atoms with Crippen molar-refractivity contribution in [1.82, 2.24) is 0 Å². The Morgan fingerprint density at radius 2 is 1.47 bits per heavy atom. The highest BCUT2D eigenvalue weighted by atomic mass is 16.5. The SMILES string of the molecule is COc1ccc(NC(=O)C[NH+](C)Cc2ccc(C(=O)Nc3ccccc3)cc2)cc1. The molecule has 0 bridgehead atoms. The van der Waals surface area contributed by atoms with E-state index >= 15 is 0 Å². The van der Waals surface area contributed by atoms with Gasteiger partial charge in [0, 0.05) is 22.5 Å². The number of para-hydroxylation sites is 1. The summed E-state index contributed by atoms with van der Waals surface area (Å²) in [5.74, 6) is 0.542. The molecule has 0 saturated heterocycles. The minimum absolute atomic E-state index is 0.0588. The second-order valence-corrected chi connectivity index (χ2v) is 7.10. The number of ether oxygens (including phenoxy) is 1. The normalized spacial score (nSPS) is 11.4. The maximum atomic E-state index is 12.3. The van der Waals surface area contributed by atoms with E-state index in [0.29, 0.717) is 18.7 Å². The lowest BCUT2D eigenvalue weighted by molar-refractivity contribution is -0.885. The van der Waals surface area contributed by atoms with Gasteiger partial charge < -0.3 is 20.3 Å². The quantitative estimate of drug-likeness (QED) is 0.540. The second kappa shape index (κ2) is 10.2. The predicted octanol–water partition coefficient (Wildman–Crippen LogP) is 2.60. The lowest BCUT2D eigenvalue weighted by atomic mass is 10.1. The standard InChI is InChI=1S/C24H25N3O3/c1-27(17-23(28)25-21-12-14-22(30-2)15-13-21)16-18-8-10-19(11-9-18)24(29)26-20-6-4-3-5-7-20/h3-15H,16-17H2,1-2H3,(H,25,28)(H,26,29)/p+1. The fourth-order valence-corrected chi connectivity index (χ4v) is 3.06. The van der Waals surface area contributed by atoms with Gasteiger partial charge in [-0.2, -0.15) is 0 Å². The largest absolute Gasteiger partial charge is 0.497 e. The van der Waals surface area contributed by atoms with Crippen molar-refractivity contribution >= 4 is 23.2 Å². The van der Waals surface area contributed by atoms with Gasteiger partial charge >= 0.3 is 0 Å². The number of anilines is 2. The number of hydrogen-bond donors (Lipinski definition) is 3. The number of hydrogen-bond acceptors (Lipinski definition) is 3. The molecule has 2 amide bonds. The van der Waals surface area contributed by atoms with Crippen LogP contribution in [-0.2, 0) is 11.3 Å². The van der Waals surface area contributed by atoms with E-state index in [1.165, 1.54) is 0 Å². The Kier molecular flexibility index (Phi) is 7.19. The third-order valence-electron chi connectivity index (χ3n) is 4.59. The van der Waals surface area contributed by atoms with Gasteiger partial charge in [-0.25, -0.2) is 0 Å². The summed E-state index contributed by atoms with van der Waals surface area (Å²) in [6, 6.07) is 24.0. The van der Waals surface area contributed by atoms with Crippen LogP contribution in [0.3, 0.4) is 0 Å². The van der Waals surface area contributed by atoms with Gasteiger partial charge in [0.25, 0.3) is 11.8 Å². The Balaban J connectivity index is 1.49. The van der Waals surface area contributed by atoms with Crippen LogP contribution >= 0.6 is 0 Å². The van der Waals surface area contributed by atoms with Crippen molar-refractivity contribution in [1.29, 1.82) is 0 Å². The summed E-state index contributed by atoms with van der Waals surface area (Å²) in [5, 5.41) is 5.76. The topological polar surface area (TPSA) is 71.9 Å². The van der Waals surface area contributed by atoms with Gasteiger partial charge in [-0.1, -0.05) is 30.3 Å². The number of rotatable bonds is 8. The van der Waals surface area contributed by atoms with E-state index in [1.54, 1.807) is 19.2 Å². The van der Waals surface area contributed by atoms with Gasteiger partial charge in [-0.3, -0.25) is 9.59 Å². The molecule has 0 fully saturated rings. The number of benzene rings is 3. The number of quaternary nitrogens is 1. The molecule has 0 radical (unpaired) electrons. The average Bonchev–Trinajstić information content (AvgIpc) is 2.75. The third kappa shape index (κ3) is 6.18. The van der Waals surface area contributed by atoms with Crippen LogP contribution in [0.1, 0.15) is 15.9 Å². The highest BCUT2D eigenvalue weighted by molar-refractivity contribution is 6.04. The monoisotopic (exact) mass is 404 g/mol. The van der Waals surface area contributed by atoms with Crippen LogP contribution in [-0.4, -0.2) is 32.5 Å². The molecule has 0 saturated carbocycles. The number of carbonyl (C=O) groups is 2. The van der Waals surface area contributed by atoms with Crippen molar-refractivity contribution in [3.8, 4) is 5.75 Å². The summed E-state index contributed by atoms with van der Waals surface area (Å²) in [6.07, 6.45) is 0. The molecule has 3 aromatic rings. The Labute approximate surface area is 176 Å². The van der Waals surface area contributed by atoms with Gasteiger partial charge in [0.15, 0.2) is 6.54 Å². The molecule has 0 aliphatic heterocycles. The van der Waals surface area contributed by atoms with Crippen LogP contribution in [0.15, 0.2) is 78.9 Å². The smallest absolute Gasteiger partial charge is 0.279 e. The zero-order chi connectivity index (χ0) is 21.3. The van der Waals surface area contributed by atoms with E-state index in [9.17, 15) is 9.59 Å². The summed E-state index contributed by atoms with van der Waals surface area (Å²) in [7, 11) is 3.57. The Morgan fingerprint density at radius 1 is 0.833 bits per heavy atom. The molecule has 3 rings (SSSR count). The van der Waals surface area contributed by atoms with Crippen LogP contribution in [0.25, 0.3) is 0 Å². The number of nitrogens with one attached hydrogen (secondary N) is 3. The molecule has 6 nitrogen and oxygen atoms in total. The zero-order valence-corrected chi connectivity index (χ0v) is 17.1. The fourth-order valence-electron chi connectivity index (χ4n) is 3.06. The van der Waals surface area contributed by atoms with E-state index in [1.807, 2.05) is 73.8 Å². The third-order valence-corrected chi connectivity index (χ3v) is 4.59. The van der Waals surface area contributed by atoms with E-state index < -0.39 is 0 Å². The number of methoxy groups -OCH3 is 1. The van der Waals surface area contributed by atoms with Crippen LogP contribution in [0, 0.1) is 0 Å². The van der Waals surface area contributed by atoms with E-state index in [2.05, 4.69) is 10.6 Å². The molecule has 154 valence electrons. The summed E-state index contributed by atoms with van der Waals surface area (Å²) < 4.78 is 5.12. The van der Waals surface area contributed by atoms with Crippen molar-refractivity contribution in [2.45, 2.75) is 6.54 Å². The molecule has 0 aromatic heterocycles. The first-order chi connectivity index (χ1) is 14.5. The molecular weight excluding hydrogens is 378 g/mol. The van der Waals surface area contributed by atoms with Crippen LogP contribution < -0.4 is 20.3 Å². The number of amides is 2. The summed E-state index contributed by atoms with van der Waals surface area (Å²) in [4.78, 5) is 25.6. The van der Waals surface area contributed by atoms with Gasteiger partial charge in [-0.05, 0) is 48.5 Å². The molecule has 0 aliphatic carbocycles. The first-order valence-electron chi connectivity index (χ1n) is 9.74. The molecular formula is C24H26N3O3+. The average molecular weight is 404 g/mol. The molecule has 1 atom stereocenters. The van der Waals surface area contributed by atoms with Crippen LogP contribution in [0.5, 0.6) is 5.75 Å².